The van der Waals surface area contributed by atoms with E-state index >= 15 is 0 Å². The lowest BCUT2D eigenvalue weighted by Gasteiger charge is -2.07. The summed E-state index contributed by atoms with van der Waals surface area (Å²) in [6, 6.07) is 0.489. The molecule has 7 heteroatoms. The monoisotopic (exact) mass is 234 g/mol. The zero-order valence-electron chi connectivity index (χ0n) is 8.34. The van der Waals surface area contributed by atoms with Gasteiger partial charge in [-0.25, -0.2) is 22.9 Å². The number of hydrogen-bond acceptors (Lipinski definition) is 4. The Balaban J connectivity index is 3.21. The highest BCUT2D eigenvalue weighted by molar-refractivity contribution is 5.93. The summed E-state index contributed by atoms with van der Waals surface area (Å²) in [6.45, 7) is 1.53. The van der Waals surface area contributed by atoms with Gasteiger partial charge in [0.2, 0.25) is 0 Å². The first-order valence-electron chi connectivity index (χ1n) is 4.38. The maximum absolute atomic E-state index is 13.1. The van der Waals surface area contributed by atoms with Gasteiger partial charge in [0.05, 0.1) is 6.61 Å². The van der Waals surface area contributed by atoms with Crippen molar-refractivity contribution in [1.82, 2.24) is 4.98 Å². The quantitative estimate of drug-likeness (QED) is 0.811. The molecule has 4 nitrogen and oxygen atoms in total. The van der Waals surface area contributed by atoms with Crippen LogP contribution in [0.2, 0.25) is 0 Å². The second kappa shape index (κ2) is 4.82. The fourth-order valence-electron chi connectivity index (χ4n) is 1.01. The zero-order valence-corrected chi connectivity index (χ0v) is 8.34. The molecule has 0 unspecified atom stereocenters. The summed E-state index contributed by atoms with van der Waals surface area (Å²) in [7, 11) is 0. The van der Waals surface area contributed by atoms with Crippen LogP contribution in [0, 0.1) is 5.82 Å². The molecule has 0 aliphatic heterocycles. The van der Waals surface area contributed by atoms with E-state index in [9.17, 15) is 18.0 Å². The molecule has 0 radical (unpaired) electrons. The lowest BCUT2D eigenvalue weighted by Crippen LogP contribution is -2.13. The molecule has 2 N–H and O–H groups in total. The SMILES string of the molecule is CCOC(=O)c1nc(C(F)F)cc(F)c1N. The van der Waals surface area contributed by atoms with E-state index in [-0.39, 0.29) is 6.61 Å². The van der Waals surface area contributed by atoms with Crippen molar-refractivity contribution in [3.8, 4) is 0 Å². The third-order valence-electron chi connectivity index (χ3n) is 1.72. The number of esters is 1. The van der Waals surface area contributed by atoms with Crippen LogP contribution in [0.5, 0.6) is 0 Å². The van der Waals surface area contributed by atoms with E-state index in [0.29, 0.717) is 6.07 Å². The number of ether oxygens (including phenoxy) is 1. The summed E-state index contributed by atoms with van der Waals surface area (Å²) in [4.78, 5) is 14.5. The molecule has 0 fully saturated rings. The molecule has 0 aliphatic carbocycles. The topological polar surface area (TPSA) is 65.2 Å². The average molecular weight is 234 g/mol. The Morgan fingerprint density at radius 1 is 1.62 bits per heavy atom. The molecule has 16 heavy (non-hydrogen) atoms. The van der Waals surface area contributed by atoms with Crippen LogP contribution < -0.4 is 5.73 Å². The van der Waals surface area contributed by atoms with Gasteiger partial charge in [0.1, 0.15) is 11.4 Å². The lowest BCUT2D eigenvalue weighted by atomic mass is 10.2. The van der Waals surface area contributed by atoms with Gasteiger partial charge in [-0.05, 0) is 6.92 Å². The molecule has 1 rings (SSSR count). The highest BCUT2D eigenvalue weighted by Gasteiger charge is 2.21. The third kappa shape index (κ3) is 2.41. The van der Waals surface area contributed by atoms with Gasteiger partial charge >= 0.3 is 5.97 Å². The Labute approximate surface area is 89.2 Å². The van der Waals surface area contributed by atoms with Gasteiger partial charge in [0, 0.05) is 6.07 Å². The minimum atomic E-state index is -2.98. The molecule has 1 aromatic heterocycles. The number of carbonyl (C=O) groups excluding carboxylic acids is 1. The molecular weight excluding hydrogens is 225 g/mol. The summed E-state index contributed by atoms with van der Waals surface area (Å²) >= 11 is 0. The van der Waals surface area contributed by atoms with Crippen LogP contribution in [0.1, 0.15) is 29.5 Å². The predicted molar refractivity (Wildman–Crippen MR) is 49.5 cm³/mol. The van der Waals surface area contributed by atoms with Crippen LogP contribution in [-0.4, -0.2) is 17.6 Å². The molecule has 88 valence electrons. The average Bonchev–Trinajstić information content (AvgIpc) is 2.21. The summed E-state index contributed by atoms with van der Waals surface area (Å²) in [6.07, 6.45) is -2.98. The molecule has 0 aromatic carbocycles. The van der Waals surface area contributed by atoms with Crippen molar-refractivity contribution in [2.24, 2.45) is 0 Å². The molecule has 0 aliphatic rings. The number of anilines is 1. The molecule has 0 bridgehead atoms. The first-order valence-corrected chi connectivity index (χ1v) is 4.38. The number of alkyl halides is 2. The number of pyridine rings is 1. The Kier molecular flexibility index (Phi) is 3.70. The first-order chi connectivity index (χ1) is 7.47. The van der Waals surface area contributed by atoms with E-state index in [1.54, 1.807) is 0 Å². The van der Waals surface area contributed by atoms with E-state index in [2.05, 4.69) is 9.72 Å². The number of carbonyl (C=O) groups is 1. The van der Waals surface area contributed by atoms with Crippen molar-refractivity contribution in [2.45, 2.75) is 13.3 Å². The van der Waals surface area contributed by atoms with Crippen molar-refractivity contribution >= 4 is 11.7 Å². The van der Waals surface area contributed by atoms with Gasteiger partial charge in [-0.2, -0.15) is 0 Å². The molecular formula is C9H9F3N2O2. The number of aromatic nitrogens is 1. The minimum Gasteiger partial charge on any atom is -0.461 e. The van der Waals surface area contributed by atoms with Crippen LogP contribution in [-0.2, 0) is 4.74 Å². The Morgan fingerprint density at radius 3 is 2.75 bits per heavy atom. The summed E-state index contributed by atoms with van der Waals surface area (Å²) in [5, 5.41) is 0. The van der Waals surface area contributed by atoms with Gasteiger partial charge in [0.25, 0.3) is 6.43 Å². The van der Waals surface area contributed by atoms with E-state index < -0.39 is 35.3 Å². The van der Waals surface area contributed by atoms with E-state index in [0.717, 1.165) is 0 Å². The fraction of sp³-hybridized carbons (Fsp3) is 0.333. The van der Waals surface area contributed by atoms with Gasteiger partial charge in [-0.15, -0.1) is 0 Å². The summed E-state index contributed by atoms with van der Waals surface area (Å²) in [5.74, 6) is -2.14. The van der Waals surface area contributed by atoms with Crippen molar-refractivity contribution in [3.05, 3.63) is 23.3 Å². The molecule has 1 aromatic rings. The Bertz CT molecular complexity index is 410. The molecule has 1 heterocycles. The van der Waals surface area contributed by atoms with Gasteiger partial charge in [-0.3, -0.25) is 0 Å². The van der Waals surface area contributed by atoms with Crippen LogP contribution in [0.15, 0.2) is 6.07 Å². The third-order valence-corrected chi connectivity index (χ3v) is 1.72. The van der Waals surface area contributed by atoms with E-state index in [1.165, 1.54) is 6.92 Å². The predicted octanol–water partition coefficient (Wildman–Crippen LogP) is 1.92. The van der Waals surface area contributed by atoms with Crippen molar-refractivity contribution < 1.29 is 22.7 Å². The second-order valence-corrected chi connectivity index (χ2v) is 2.81. The van der Waals surface area contributed by atoms with E-state index in [4.69, 9.17) is 5.73 Å². The first kappa shape index (κ1) is 12.3. The number of nitrogens with two attached hydrogens (primary N) is 1. The van der Waals surface area contributed by atoms with Gasteiger partial charge < -0.3 is 10.5 Å². The highest BCUT2D eigenvalue weighted by atomic mass is 19.3. The summed E-state index contributed by atoms with van der Waals surface area (Å²) in [5.41, 5.74) is 3.13. The standard InChI is InChI=1S/C9H9F3N2O2/c1-2-16-9(15)7-6(13)4(10)3-5(14-7)8(11)12/h3,8H,2,13H2,1H3. The zero-order chi connectivity index (χ0) is 12.3. The van der Waals surface area contributed by atoms with Gasteiger partial charge in [0.15, 0.2) is 11.5 Å². The van der Waals surface area contributed by atoms with Crippen LogP contribution >= 0.6 is 0 Å². The molecule has 0 atom stereocenters. The largest absolute Gasteiger partial charge is 0.461 e. The number of hydrogen-bond donors (Lipinski definition) is 1. The smallest absolute Gasteiger partial charge is 0.359 e. The van der Waals surface area contributed by atoms with E-state index in [1.807, 2.05) is 0 Å². The van der Waals surface area contributed by atoms with Crippen LogP contribution in [0.4, 0.5) is 18.9 Å². The molecule has 0 spiro atoms. The van der Waals surface area contributed by atoms with Crippen molar-refractivity contribution in [1.29, 1.82) is 0 Å². The number of rotatable bonds is 3. The fourth-order valence-corrected chi connectivity index (χ4v) is 1.01. The minimum absolute atomic E-state index is 0.0144. The van der Waals surface area contributed by atoms with Crippen molar-refractivity contribution in [3.63, 3.8) is 0 Å². The van der Waals surface area contributed by atoms with Gasteiger partial charge in [-0.1, -0.05) is 0 Å². The number of halogens is 3. The Morgan fingerprint density at radius 2 is 2.25 bits per heavy atom. The maximum Gasteiger partial charge on any atom is 0.359 e. The summed E-state index contributed by atoms with van der Waals surface area (Å²) < 4.78 is 42.2. The lowest BCUT2D eigenvalue weighted by molar-refractivity contribution is 0.0518. The normalized spacial score (nSPS) is 10.6. The Hall–Kier alpha value is -1.79. The second-order valence-electron chi connectivity index (χ2n) is 2.81. The number of nitrogens with zero attached hydrogens (tertiary/aromatic N) is 1. The molecule has 0 saturated carbocycles. The molecule has 0 amide bonds. The van der Waals surface area contributed by atoms with Crippen molar-refractivity contribution in [2.75, 3.05) is 12.3 Å². The van der Waals surface area contributed by atoms with Crippen LogP contribution in [0.25, 0.3) is 0 Å². The van der Waals surface area contributed by atoms with Crippen LogP contribution in [0.3, 0.4) is 0 Å². The highest BCUT2D eigenvalue weighted by Crippen LogP contribution is 2.23. The maximum atomic E-state index is 13.1. The molecule has 0 saturated heterocycles. The number of nitrogen functional groups attached to an aromatic ring is 1.